The summed E-state index contributed by atoms with van der Waals surface area (Å²) >= 11 is 0. The Morgan fingerprint density at radius 1 is 0.935 bits per heavy atom. The second-order valence-electron chi connectivity index (χ2n) is 7.26. The lowest BCUT2D eigenvalue weighted by Crippen LogP contribution is -2.35. The fourth-order valence-corrected chi connectivity index (χ4v) is 3.26. The second kappa shape index (κ2) is 11.2. The van der Waals surface area contributed by atoms with Gasteiger partial charge in [-0.2, -0.15) is 0 Å². The monoisotopic (exact) mass is 419 g/mol. The van der Waals surface area contributed by atoms with Crippen LogP contribution in [-0.4, -0.2) is 32.3 Å². The number of ether oxygens (including phenoxy) is 3. The van der Waals surface area contributed by atoms with Crippen molar-refractivity contribution in [2.24, 2.45) is 0 Å². The number of rotatable bonds is 10. The Morgan fingerprint density at radius 2 is 1.65 bits per heavy atom. The van der Waals surface area contributed by atoms with Gasteiger partial charge in [0.05, 0.1) is 13.2 Å². The molecule has 0 saturated heterocycles. The molecule has 5 nitrogen and oxygen atoms in total. The molecule has 0 saturated carbocycles. The van der Waals surface area contributed by atoms with E-state index in [1.165, 1.54) is 0 Å². The van der Waals surface area contributed by atoms with Crippen LogP contribution in [0.5, 0.6) is 11.5 Å². The molecule has 1 amide bonds. The standard InChI is InChI=1S/C26H29NO4/c1-4-30-25-15-12-22(26(28)27-19(2)17-29-3)16-23(25)18-31-24-13-10-21(11-14-24)20-8-6-5-7-9-20/h5-16,19H,4,17-18H2,1-3H3,(H,27,28). The third-order valence-electron chi connectivity index (χ3n) is 4.77. The lowest BCUT2D eigenvalue weighted by molar-refractivity contribution is 0.0905. The van der Waals surface area contributed by atoms with Crippen molar-refractivity contribution >= 4 is 5.91 Å². The van der Waals surface area contributed by atoms with Crippen LogP contribution in [0.4, 0.5) is 0 Å². The summed E-state index contributed by atoms with van der Waals surface area (Å²) in [5.41, 5.74) is 3.67. The first-order valence-electron chi connectivity index (χ1n) is 10.4. The Balaban J connectivity index is 1.71. The van der Waals surface area contributed by atoms with Gasteiger partial charge in [-0.25, -0.2) is 0 Å². The molecule has 0 aliphatic heterocycles. The number of nitrogens with one attached hydrogen (secondary N) is 1. The summed E-state index contributed by atoms with van der Waals surface area (Å²) in [5, 5.41) is 2.93. The highest BCUT2D eigenvalue weighted by Gasteiger charge is 2.13. The molecule has 3 aromatic rings. The molecule has 3 aromatic carbocycles. The van der Waals surface area contributed by atoms with Gasteiger partial charge in [0.15, 0.2) is 0 Å². The van der Waals surface area contributed by atoms with Gasteiger partial charge in [0.1, 0.15) is 18.1 Å². The third kappa shape index (κ3) is 6.33. The van der Waals surface area contributed by atoms with Crippen LogP contribution in [0, 0.1) is 0 Å². The van der Waals surface area contributed by atoms with Gasteiger partial charge in [0, 0.05) is 24.3 Å². The minimum Gasteiger partial charge on any atom is -0.493 e. The van der Waals surface area contributed by atoms with Crippen LogP contribution in [-0.2, 0) is 11.3 Å². The van der Waals surface area contributed by atoms with Crippen molar-refractivity contribution in [2.75, 3.05) is 20.3 Å². The Labute approximate surface area is 184 Å². The van der Waals surface area contributed by atoms with Gasteiger partial charge < -0.3 is 19.5 Å². The average Bonchev–Trinajstić information content (AvgIpc) is 2.79. The second-order valence-corrected chi connectivity index (χ2v) is 7.26. The molecule has 3 rings (SSSR count). The van der Waals surface area contributed by atoms with Gasteiger partial charge in [-0.3, -0.25) is 4.79 Å². The molecule has 5 heteroatoms. The van der Waals surface area contributed by atoms with Crippen molar-refractivity contribution in [3.63, 3.8) is 0 Å². The van der Waals surface area contributed by atoms with Crippen LogP contribution in [0.1, 0.15) is 29.8 Å². The number of carbonyl (C=O) groups excluding carboxylic acids is 1. The first-order chi connectivity index (χ1) is 15.1. The summed E-state index contributed by atoms with van der Waals surface area (Å²) in [5.74, 6) is 1.32. The molecule has 0 heterocycles. The number of hydrogen-bond acceptors (Lipinski definition) is 4. The maximum atomic E-state index is 12.5. The van der Waals surface area contributed by atoms with Gasteiger partial charge in [0.25, 0.3) is 5.91 Å². The molecule has 0 aliphatic carbocycles. The van der Waals surface area contributed by atoms with Crippen LogP contribution in [0.3, 0.4) is 0 Å². The summed E-state index contributed by atoms with van der Waals surface area (Å²) in [6, 6.07) is 23.5. The summed E-state index contributed by atoms with van der Waals surface area (Å²) in [7, 11) is 1.61. The van der Waals surface area contributed by atoms with Crippen LogP contribution in [0.15, 0.2) is 72.8 Å². The average molecular weight is 420 g/mol. The first kappa shape index (κ1) is 22.4. The third-order valence-corrected chi connectivity index (χ3v) is 4.77. The van der Waals surface area contributed by atoms with Gasteiger partial charge in [-0.05, 0) is 55.3 Å². The SMILES string of the molecule is CCOc1ccc(C(=O)NC(C)COC)cc1COc1ccc(-c2ccccc2)cc1. The zero-order chi connectivity index (χ0) is 22.1. The van der Waals surface area contributed by atoms with Gasteiger partial charge in [-0.1, -0.05) is 42.5 Å². The van der Waals surface area contributed by atoms with Crippen molar-refractivity contribution in [2.45, 2.75) is 26.5 Å². The van der Waals surface area contributed by atoms with E-state index in [4.69, 9.17) is 14.2 Å². The Hall–Kier alpha value is -3.31. The summed E-state index contributed by atoms with van der Waals surface area (Å²) < 4.78 is 16.8. The van der Waals surface area contributed by atoms with Crippen LogP contribution >= 0.6 is 0 Å². The maximum Gasteiger partial charge on any atom is 0.251 e. The van der Waals surface area contributed by atoms with Gasteiger partial charge in [0.2, 0.25) is 0 Å². The first-order valence-corrected chi connectivity index (χ1v) is 10.4. The minimum atomic E-state index is -0.152. The quantitative estimate of drug-likeness (QED) is 0.497. The zero-order valence-electron chi connectivity index (χ0n) is 18.3. The molecular weight excluding hydrogens is 390 g/mol. The minimum absolute atomic E-state index is 0.0769. The van der Waals surface area contributed by atoms with Crippen LogP contribution in [0.25, 0.3) is 11.1 Å². The van der Waals surface area contributed by atoms with Crippen LogP contribution < -0.4 is 14.8 Å². The van der Waals surface area contributed by atoms with E-state index in [9.17, 15) is 4.79 Å². The van der Waals surface area contributed by atoms with Crippen molar-refractivity contribution in [3.8, 4) is 22.6 Å². The van der Waals surface area contributed by atoms with E-state index in [1.54, 1.807) is 13.2 Å². The predicted octanol–water partition coefficient (Wildman–Crippen LogP) is 5.10. The van der Waals surface area contributed by atoms with E-state index in [1.807, 2.05) is 68.4 Å². The highest BCUT2D eigenvalue weighted by Crippen LogP contribution is 2.25. The largest absolute Gasteiger partial charge is 0.493 e. The zero-order valence-corrected chi connectivity index (χ0v) is 18.3. The summed E-state index contributed by atoms with van der Waals surface area (Å²) in [6.45, 7) is 5.13. The molecule has 0 bridgehead atoms. The molecular formula is C26H29NO4. The normalized spacial score (nSPS) is 11.6. The Bertz CT molecular complexity index is 970. The fourth-order valence-electron chi connectivity index (χ4n) is 3.26. The van der Waals surface area contributed by atoms with E-state index in [0.29, 0.717) is 31.1 Å². The molecule has 1 atom stereocenters. The van der Waals surface area contributed by atoms with E-state index < -0.39 is 0 Å². The lowest BCUT2D eigenvalue weighted by atomic mass is 10.1. The van der Waals surface area contributed by atoms with Gasteiger partial charge >= 0.3 is 0 Å². The number of methoxy groups -OCH3 is 1. The molecule has 1 N–H and O–H groups in total. The Kier molecular flexibility index (Phi) is 8.07. The molecule has 0 aromatic heterocycles. The van der Waals surface area contributed by atoms with E-state index in [2.05, 4.69) is 17.4 Å². The molecule has 31 heavy (non-hydrogen) atoms. The van der Waals surface area contributed by atoms with E-state index in [-0.39, 0.29) is 11.9 Å². The smallest absolute Gasteiger partial charge is 0.251 e. The summed E-state index contributed by atoms with van der Waals surface area (Å²) in [4.78, 5) is 12.5. The molecule has 0 aliphatic rings. The molecule has 0 fully saturated rings. The molecule has 0 radical (unpaired) electrons. The topological polar surface area (TPSA) is 56.8 Å². The lowest BCUT2D eigenvalue weighted by Gasteiger charge is -2.15. The molecule has 1 unspecified atom stereocenters. The van der Waals surface area contributed by atoms with Crippen molar-refractivity contribution in [1.29, 1.82) is 0 Å². The highest BCUT2D eigenvalue weighted by atomic mass is 16.5. The Morgan fingerprint density at radius 3 is 2.32 bits per heavy atom. The predicted molar refractivity (Wildman–Crippen MR) is 123 cm³/mol. The number of benzene rings is 3. The van der Waals surface area contributed by atoms with Crippen molar-refractivity contribution in [1.82, 2.24) is 5.32 Å². The number of hydrogen-bond donors (Lipinski definition) is 1. The number of carbonyl (C=O) groups is 1. The molecule has 162 valence electrons. The van der Waals surface area contributed by atoms with Crippen LogP contribution in [0.2, 0.25) is 0 Å². The number of amides is 1. The van der Waals surface area contributed by atoms with Gasteiger partial charge in [-0.15, -0.1) is 0 Å². The highest BCUT2D eigenvalue weighted by molar-refractivity contribution is 5.94. The fraction of sp³-hybridized carbons (Fsp3) is 0.269. The molecule has 0 spiro atoms. The summed E-state index contributed by atoms with van der Waals surface area (Å²) in [6.07, 6.45) is 0. The van der Waals surface area contributed by atoms with Crippen molar-refractivity contribution in [3.05, 3.63) is 83.9 Å². The van der Waals surface area contributed by atoms with E-state index in [0.717, 1.165) is 22.4 Å². The van der Waals surface area contributed by atoms with E-state index >= 15 is 0 Å². The maximum absolute atomic E-state index is 12.5. The van der Waals surface area contributed by atoms with Crippen molar-refractivity contribution < 1.29 is 19.0 Å².